The first-order valence-corrected chi connectivity index (χ1v) is 6.45. The number of hydrogen-bond donors (Lipinski definition) is 0. The Morgan fingerprint density at radius 1 is 1.06 bits per heavy atom. The van der Waals surface area contributed by atoms with Crippen LogP contribution in [0.4, 0.5) is 4.39 Å². The number of halogens is 1. The lowest BCUT2D eigenvalue weighted by molar-refractivity contribution is -0.129. The molecule has 0 bridgehead atoms. The van der Waals surface area contributed by atoms with Gasteiger partial charge in [0.15, 0.2) is 0 Å². The van der Waals surface area contributed by atoms with Crippen molar-refractivity contribution in [1.29, 1.82) is 0 Å². The molecule has 0 heterocycles. The summed E-state index contributed by atoms with van der Waals surface area (Å²) in [5.74, 6) is 0.0627. The summed E-state index contributed by atoms with van der Waals surface area (Å²) in [6.07, 6.45) is 2.03. The van der Waals surface area contributed by atoms with Crippen LogP contribution in [0.3, 0.4) is 0 Å². The highest BCUT2D eigenvalue weighted by molar-refractivity contribution is 5.91. The molecule has 2 aliphatic rings. The van der Waals surface area contributed by atoms with E-state index in [1.807, 2.05) is 6.07 Å². The Hall–Kier alpha value is -1.51. The van der Waals surface area contributed by atoms with Crippen molar-refractivity contribution >= 4 is 11.6 Å². The smallest absolute Gasteiger partial charge is 0.137 e. The molecule has 3 atom stereocenters. The average molecular weight is 246 g/mol. The highest BCUT2D eigenvalue weighted by Gasteiger charge is 2.46. The molecule has 3 heteroatoms. The van der Waals surface area contributed by atoms with Gasteiger partial charge in [-0.05, 0) is 29.9 Å². The Morgan fingerprint density at radius 2 is 1.83 bits per heavy atom. The van der Waals surface area contributed by atoms with Crippen molar-refractivity contribution in [2.24, 2.45) is 11.8 Å². The molecular formula is C15H15FO2. The molecule has 2 fully saturated rings. The Labute approximate surface area is 105 Å². The topological polar surface area (TPSA) is 34.1 Å². The predicted octanol–water partition coefficient (Wildman–Crippen LogP) is 2.87. The van der Waals surface area contributed by atoms with Gasteiger partial charge in [0.05, 0.1) is 0 Å². The fourth-order valence-corrected chi connectivity index (χ4v) is 3.50. The summed E-state index contributed by atoms with van der Waals surface area (Å²) in [6.45, 7) is 0. The molecule has 1 aromatic carbocycles. The molecule has 2 saturated carbocycles. The SMILES string of the molecule is O=C1CC[C@@H]2[C@H](C1)C(=O)C[C@@H]2c1ccccc1F. The molecule has 3 rings (SSSR count). The van der Waals surface area contributed by atoms with Crippen molar-refractivity contribution in [3.05, 3.63) is 35.6 Å². The van der Waals surface area contributed by atoms with E-state index in [1.165, 1.54) is 6.07 Å². The predicted molar refractivity (Wildman–Crippen MR) is 64.6 cm³/mol. The molecule has 0 amide bonds. The number of Topliss-reactive ketones (excluding diaryl/α,β-unsaturated/α-hetero) is 2. The van der Waals surface area contributed by atoms with Crippen molar-refractivity contribution in [1.82, 2.24) is 0 Å². The maximum absolute atomic E-state index is 13.8. The third-order valence-corrected chi connectivity index (χ3v) is 4.38. The fraction of sp³-hybridized carbons (Fsp3) is 0.467. The van der Waals surface area contributed by atoms with Gasteiger partial charge in [-0.2, -0.15) is 0 Å². The zero-order chi connectivity index (χ0) is 12.7. The molecule has 0 spiro atoms. The zero-order valence-corrected chi connectivity index (χ0v) is 10.1. The van der Waals surface area contributed by atoms with E-state index in [0.29, 0.717) is 24.8 Å². The number of benzene rings is 1. The molecule has 0 N–H and O–H groups in total. The van der Waals surface area contributed by atoms with Gasteiger partial charge in [0.2, 0.25) is 0 Å². The first kappa shape index (κ1) is 11.6. The minimum Gasteiger partial charge on any atom is -0.300 e. The van der Waals surface area contributed by atoms with E-state index >= 15 is 0 Å². The Kier molecular flexibility index (Phi) is 2.77. The van der Waals surface area contributed by atoms with Crippen molar-refractivity contribution in [3.63, 3.8) is 0 Å². The van der Waals surface area contributed by atoms with Crippen molar-refractivity contribution in [3.8, 4) is 0 Å². The molecule has 0 unspecified atom stereocenters. The lowest BCUT2D eigenvalue weighted by Gasteiger charge is -2.27. The summed E-state index contributed by atoms with van der Waals surface area (Å²) < 4.78 is 13.8. The fourth-order valence-electron chi connectivity index (χ4n) is 3.50. The van der Waals surface area contributed by atoms with Gasteiger partial charge >= 0.3 is 0 Å². The quantitative estimate of drug-likeness (QED) is 0.763. The van der Waals surface area contributed by atoms with Crippen LogP contribution in [0.15, 0.2) is 24.3 Å². The minimum absolute atomic E-state index is 0.0307. The lowest BCUT2D eigenvalue weighted by atomic mass is 9.75. The normalized spacial score (nSPS) is 31.5. The molecule has 94 valence electrons. The summed E-state index contributed by atoms with van der Waals surface area (Å²) in [6, 6.07) is 6.69. The Balaban J connectivity index is 1.93. The second-order valence-corrected chi connectivity index (χ2v) is 5.35. The van der Waals surface area contributed by atoms with Crippen LogP contribution < -0.4 is 0 Å². The van der Waals surface area contributed by atoms with Gasteiger partial charge in [0.1, 0.15) is 17.4 Å². The van der Waals surface area contributed by atoms with E-state index in [1.54, 1.807) is 12.1 Å². The van der Waals surface area contributed by atoms with E-state index in [-0.39, 0.29) is 35.1 Å². The maximum atomic E-state index is 13.8. The first-order valence-electron chi connectivity index (χ1n) is 6.45. The van der Waals surface area contributed by atoms with Crippen LogP contribution in [0.2, 0.25) is 0 Å². The Morgan fingerprint density at radius 3 is 2.61 bits per heavy atom. The number of carbonyl (C=O) groups excluding carboxylic acids is 2. The highest BCUT2D eigenvalue weighted by atomic mass is 19.1. The standard InChI is InChI=1S/C15H15FO2/c16-14-4-2-1-3-11(14)12-8-15(18)13-7-9(17)5-6-10(12)13/h1-4,10,12-13H,5-8H2/t10-,12-,13-/m0/s1. The van der Waals surface area contributed by atoms with Crippen LogP contribution in [0.25, 0.3) is 0 Å². The van der Waals surface area contributed by atoms with E-state index in [9.17, 15) is 14.0 Å². The Bertz CT molecular complexity index is 509. The molecule has 2 nitrogen and oxygen atoms in total. The number of ketones is 2. The van der Waals surface area contributed by atoms with Crippen LogP contribution in [0.5, 0.6) is 0 Å². The lowest BCUT2D eigenvalue weighted by Crippen LogP contribution is -2.26. The van der Waals surface area contributed by atoms with E-state index in [4.69, 9.17) is 0 Å². The largest absolute Gasteiger partial charge is 0.300 e. The van der Waals surface area contributed by atoms with Gasteiger partial charge in [0, 0.05) is 25.2 Å². The van der Waals surface area contributed by atoms with Crippen molar-refractivity contribution in [2.75, 3.05) is 0 Å². The third-order valence-electron chi connectivity index (χ3n) is 4.38. The van der Waals surface area contributed by atoms with Crippen LogP contribution in [-0.2, 0) is 9.59 Å². The third kappa shape index (κ3) is 1.78. The van der Waals surface area contributed by atoms with Crippen LogP contribution in [0, 0.1) is 17.7 Å². The summed E-state index contributed by atoms with van der Waals surface area (Å²) in [4.78, 5) is 23.4. The molecule has 1 aromatic rings. The zero-order valence-electron chi connectivity index (χ0n) is 10.1. The van der Waals surface area contributed by atoms with Crippen LogP contribution >= 0.6 is 0 Å². The van der Waals surface area contributed by atoms with Gasteiger partial charge in [-0.25, -0.2) is 4.39 Å². The monoisotopic (exact) mass is 246 g/mol. The molecular weight excluding hydrogens is 231 g/mol. The van der Waals surface area contributed by atoms with Gasteiger partial charge in [-0.1, -0.05) is 18.2 Å². The van der Waals surface area contributed by atoms with E-state index in [2.05, 4.69) is 0 Å². The molecule has 18 heavy (non-hydrogen) atoms. The minimum atomic E-state index is -0.229. The maximum Gasteiger partial charge on any atom is 0.137 e. The van der Waals surface area contributed by atoms with E-state index in [0.717, 1.165) is 6.42 Å². The summed E-state index contributed by atoms with van der Waals surface area (Å²) in [5, 5.41) is 0. The second-order valence-electron chi connectivity index (χ2n) is 5.35. The number of hydrogen-bond acceptors (Lipinski definition) is 2. The molecule has 2 aliphatic carbocycles. The molecule has 0 saturated heterocycles. The van der Waals surface area contributed by atoms with Crippen molar-refractivity contribution < 1.29 is 14.0 Å². The molecule has 0 radical (unpaired) electrons. The number of fused-ring (bicyclic) bond motifs is 1. The van der Waals surface area contributed by atoms with Gasteiger partial charge < -0.3 is 0 Å². The summed E-state index contributed by atoms with van der Waals surface area (Å²) >= 11 is 0. The van der Waals surface area contributed by atoms with Crippen LogP contribution in [0.1, 0.15) is 37.2 Å². The van der Waals surface area contributed by atoms with Gasteiger partial charge in [-0.15, -0.1) is 0 Å². The first-order chi connectivity index (χ1) is 8.66. The number of carbonyl (C=O) groups is 2. The molecule has 0 aliphatic heterocycles. The highest BCUT2D eigenvalue weighted by Crippen LogP contribution is 2.48. The number of rotatable bonds is 1. The van der Waals surface area contributed by atoms with Crippen LogP contribution in [-0.4, -0.2) is 11.6 Å². The van der Waals surface area contributed by atoms with Crippen molar-refractivity contribution in [2.45, 2.75) is 31.6 Å². The average Bonchev–Trinajstić information content (AvgIpc) is 2.67. The summed E-state index contributed by atoms with van der Waals surface area (Å²) in [7, 11) is 0. The molecule has 0 aromatic heterocycles. The van der Waals surface area contributed by atoms with Gasteiger partial charge in [0.25, 0.3) is 0 Å². The van der Waals surface area contributed by atoms with Gasteiger partial charge in [-0.3, -0.25) is 9.59 Å². The van der Waals surface area contributed by atoms with E-state index < -0.39 is 0 Å². The second kappa shape index (κ2) is 4.30. The summed E-state index contributed by atoms with van der Waals surface area (Å²) in [5.41, 5.74) is 0.646.